The maximum absolute atomic E-state index is 12.0. The lowest BCUT2D eigenvalue weighted by atomic mass is 10.1. The van der Waals surface area contributed by atoms with Crippen LogP contribution in [-0.2, 0) is 11.3 Å². The molecule has 7 nitrogen and oxygen atoms in total. The molecule has 112 valence electrons. The van der Waals surface area contributed by atoms with Gasteiger partial charge in [-0.2, -0.15) is 0 Å². The van der Waals surface area contributed by atoms with Gasteiger partial charge < -0.3 is 10.4 Å². The van der Waals surface area contributed by atoms with Crippen molar-refractivity contribution in [1.29, 1.82) is 0 Å². The number of thiophene rings is 1. The number of nitrogens with zero attached hydrogens (tertiary/aromatic N) is 3. The van der Waals surface area contributed by atoms with Gasteiger partial charge in [0.2, 0.25) is 5.91 Å². The lowest BCUT2D eigenvalue weighted by Gasteiger charge is -2.20. The minimum Gasteiger partial charge on any atom is -0.476 e. The molecular weight excluding hydrogens is 292 g/mol. The van der Waals surface area contributed by atoms with Crippen molar-refractivity contribution in [3.63, 3.8) is 0 Å². The standard InChI is InChI=1S/C13H16N4O3S/c1-13(2,3)14-9(18)7-17-11(8-5-4-6-21-8)10(12(19)20)15-16-17/h4-6H,7H2,1-3H3,(H,14,18)(H,19,20). The number of aromatic nitrogens is 3. The van der Waals surface area contributed by atoms with Gasteiger partial charge in [0.1, 0.15) is 12.2 Å². The molecule has 0 aliphatic carbocycles. The molecule has 0 saturated carbocycles. The average Bonchev–Trinajstić information content (AvgIpc) is 2.93. The summed E-state index contributed by atoms with van der Waals surface area (Å²) >= 11 is 1.37. The second-order valence-corrected chi connectivity index (χ2v) is 6.47. The highest BCUT2D eigenvalue weighted by Gasteiger charge is 2.23. The van der Waals surface area contributed by atoms with Crippen LogP contribution in [0.4, 0.5) is 0 Å². The number of carboxylic acids is 1. The van der Waals surface area contributed by atoms with Crippen LogP contribution in [0.2, 0.25) is 0 Å². The van der Waals surface area contributed by atoms with Gasteiger partial charge in [-0.05, 0) is 32.2 Å². The molecule has 2 rings (SSSR count). The zero-order valence-corrected chi connectivity index (χ0v) is 12.8. The van der Waals surface area contributed by atoms with E-state index in [1.807, 2.05) is 26.2 Å². The molecule has 0 fully saturated rings. The van der Waals surface area contributed by atoms with Crippen LogP contribution in [-0.4, -0.2) is 37.5 Å². The minimum absolute atomic E-state index is 0.0786. The van der Waals surface area contributed by atoms with Crippen LogP contribution in [0.15, 0.2) is 17.5 Å². The van der Waals surface area contributed by atoms with Crippen LogP contribution in [0.25, 0.3) is 10.6 Å². The van der Waals surface area contributed by atoms with E-state index in [1.165, 1.54) is 16.0 Å². The highest BCUT2D eigenvalue weighted by molar-refractivity contribution is 7.13. The summed E-state index contributed by atoms with van der Waals surface area (Å²) in [5, 5.41) is 21.3. The van der Waals surface area contributed by atoms with Gasteiger partial charge in [0.05, 0.1) is 4.88 Å². The first-order chi connectivity index (χ1) is 9.78. The number of nitrogens with one attached hydrogen (secondary N) is 1. The van der Waals surface area contributed by atoms with Crippen LogP contribution < -0.4 is 5.32 Å². The monoisotopic (exact) mass is 308 g/mol. The normalized spacial score (nSPS) is 11.4. The van der Waals surface area contributed by atoms with Gasteiger partial charge in [-0.25, -0.2) is 9.48 Å². The number of hydrogen-bond donors (Lipinski definition) is 2. The molecule has 2 aromatic rings. The van der Waals surface area contributed by atoms with E-state index in [1.54, 1.807) is 12.1 Å². The van der Waals surface area contributed by atoms with Crippen molar-refractivity contribution in [1.82, 2.24) is 20.3 Å². The summed E-state index contributed by atoms with van der Waals surface area (Å²) in [5.74, 6) is -1.41. The SMILES string of the molecule is CC(C)(C)NC(=O)Cn1nnc(C(=O)O)c1-c1cccs1. The summed E-state index contributed by atoms with van der Waals surface area (Å²) in [6.45, 7) is 5.53. The lowest BCUT2D eigenvalue weighted by molar-refractivity contribution is -0.123. The Morgan fingerprint density at radius 2 is 2.14 bits per heavy atom. The van der Waals surface area contributed by atoms with Gasteiger partial charge in [-0.15, -0.1) is 16.4 Å². The molecule has 2 heterocycles. The first-order valence-corrected chi connectivity index (χ1v) is 7.17. The molecule has 0 spiro atoms. The third-order valence-electron chi connectivity index (χ3n) is 2.50. The number of aromatic carboxylic acids is 1. The molecule has 0 radical (unpaired) electrons. The van der Waals surface area contributed by atoms with Crippen LogP contribution in [0.3, 0.4) is 0 Å². The Balaban J connectivity index is 2.33. The number of carbonyl (C=O) groups excluding carboxylic acids is 1. The first kappa shape index (κ1) is 15.2. The maximum atomic E-state index is 12.0. The molecule has 21 heavy (non-hydrogen) atoms. The first-order valence-electron chi connectivity index (χ1n) is 6.29. The molecule has 0 saturated heterocycles. The van der Waals surface area contributed by atoms with Crippen LogP contribution in [0.5, 0.6) is 0 Å². The number of carboxylic acid groups (broad SMARTS) is 1. The smallest absolute Gasteiger partial charge is 0.358 e. The Hall–Kier alpha value is -2.22. The largest absolute Gasteiger partial charge is 0.476 e. The second kappa shape index (κ2) is 5.65. The van der Waals surface area contributed by atoms with Crippen molar-refractivity contribution in [2.45, 2.75) is 32.9 Å². The number of hydrogen-bond acceptors (Lipinski definition) is 5. The topological polar surface area (TPSA) is 97.1 Å². The molecule has 0 aliphatic rings. The summed E-state index contributed by atoms with van der Waals surface area (Å²) in [7, 11) is 0. The van der Waals surface area contributed by atoms with Crippen molar-refractivity contribution in [2.24, 2.45) is 0 Å². The quantitative estimate of drug-likeness (QED) is 0.894. The van der Waals surface area contributed by atoms with Gasteiger partial charge in [-0.3, -0.25) is 4.79 Å². The summed E-state index contributed by atoms with van der Waals surface area (Å²) in [6, 6.07) is 3.58. The predicted molar refractivity (Wildman–Crippen MR) is 78.2 cm³/mol. The van der Waals surface area contributed by atoms with Crippen LogP contribution in [0, 0.1) is 0 Å². The van der Waals surface area contributed by atoms with E-state index in [0.29, 0.717) is 10.6 Å². The van der Waals surface area contributed by atoms with Crippen molar-refractivity contribution in [2.75, 3.05) is 0 Å². The van der Waals surface area contributed by atoms with Crippen molar-refractivity contribution in [3.8, 4) is 10.6 Å². The number of rotatable bonds is 4. The minimum atomic E-state index is -1.17. The molecule has 8 heteroatoms. The summed E-state index contributed by atoms with van der Waals surface area (Å²) in [5.41, 5.74) is -0.168. The van der Waals surface area contributed by atoms with E-state index in [4.69, 9.17) is 0 Å². The predicted octanol–water partition coefficient (Wildman–Crippen LogP) is 1.62. The highest BCUT2D eigenvalue weighted by atomic mass is 32.1. The Bertz CT molecular complexity index is 656. The van der Waals surface area contributed by atoms with Gasteiger partial charge in [0, 0.05) is 5.54 Å². The fourth-order valence-corrected chi connectivity index (χ4v) is 2.59. The fraction of sp³-hybridized carbons (Fsp3) is 0.385. The molecule has 0 aliphatic heterocycles. The Kier molecular flexibility index (Phi) is 4.08. The van der Waals surface area contributed by atoms with E-state index in [9.17, 15) is 14.7 Å². The van der Waals surface area contributed by atoms with Crippen molar-refractivity contribution in [3.05, 3.63) is 23.2 Å². The number of amides is 1. The van der Waals surface area contributed by atoms with Gasteiger partial charge >= 0.3 is 5.97 Å². The third-order valence-corrected chi connectivity index (χ3v) is 3.38. The van der Waals surface area contributed by atoms with E-state index in [-0.39, 0.29) is 23.7 Å². The molecule has 0 bridgehead atoms. The summed E-state index contributed by atoms with van der Waals surface area (Å²) in [4.78, 5) is 23.9. The molecular formula is C13H16N4O3S. The maximum Gasteiger partial charge on any atom is 0.358 e. The molecule has 0 unspecified atom stereocenters. The Morgan fingerprint density at radius 1 is 1.43 bits per heavy atom. The van der Waals surface area contributed by atoms with Gasteiger partial charge in [0.15, 0.2) is 5.69 Å². The summed E-state index contributed by atoms with van der Waals surface area (Å²) in [6.07, 6.45) is 0. The molecule has 1 amide bonds. The van der Waals surface area contributed by atoms with Gasteiger partial charge in [0.25, 0.3) is 0 Å². The Morgan fingerprint density at radius 3 is 2.67 bits per heavy atom. The van der Waals surface area contributed by atoms with Gasteiger partial charge in [-0.1, -0.05) is 11.3 Å². The zero-order valence-electron chi connectivity index (χ0n) is 12.0. The van der Waals surface area contributed by atoms with Crippen molar-refractivity contribution < 1.29 is 14.7 Å². The highest BCUT2D eigenvalue weighted by Crippen LogP contribution is 2.27. The number of carbonyl (C=O) groups is 2. The molecule has 0 atom stereocenters. The van der Waals surface area contributed by atoms with Crippen LogP contribution in [0.1, 0.15) is 31.3 Å². The molecule has 2 N–H and O–H groups in total. The summed E-state index contributed by atoms with van der Waals surface area (Å²) < 4.78 is 1.32. The Labute approximate surface area is 125 Å². The fourth-order valence-electron chi connectivity index (χ4n) is 1.82. The lowest BCUT2D eigenvalue weighted by Crippen LogP contribution is -2.42. The van der Waals surface area contributed by atoms with E-state index in [0.717, 1.165) is 0 Å². The molecule has 2 aromatic heterocycles. The zero-order chi connectivity index (χ0) is 15.6. The second-order valence-electron chi connectivity index (χ2n) is 5.52. The average molecular weight is 308 g/mol. The van der Waals surface area contributed by atoms with E-state index < -0.39 is 5.97 Å². The third kappa shape index (κ3) is 3.66. The van der Waals surface area contributed by atoms with Crippen molar-refractivity contribution >= 4 is 23.2 Å². The van der Waals surface area contributed by atoms with E-state index in [2.05, 4.69) is 15.6 Å². The van der Waals surface area contributed by atoms with Crippen LogP contribution >= 0.6 is 11.3 Å². The van der Waals surface area contributed by atoms with E-state index >= 15 is 0 Å². The molecule has 0 aromatic carbocycles.